The van der Waals surface area contributed by atoms with Crippen molar-refractivity contribution in [1.29, 1.82) is 0 Å². The Hall–Kier alpha value is -2.67. The Morgan fingerprint density at radius 3 is 2.76 bits per heavy atom. The van der Waals surface area contributed by atoms with Crippen LogP contribution in [0.4, 0.5) is 10.5 Å². The standard InChI is InChI=1S/C14H15N3O4/c18-8-6-12(13(19)20)17-14(21)16-11-5-1-4-10-9(11)3-2-7-15-10/h1-5,7,12,18H,6,8H2,(H,19,20)(H2,16,17,21)/t12-/m0/s1. The molecule has 21 heavy (non-hydrogen) atoms. The molecule has 2 rings (SSSR count). The van der Waals surface area contributed by atoms with Gasteiger partial charge in [0.2, 0.25) is 0 Å². The van der Waals surface area contributed by atoms with Crippen LogP contribution >= 0.6 is 0 Å². The lowest BCUT2D eigenvalue weighted by Crippen LogP contribution is -2.43. The first-order valence-electron chi connectivity index (χ1n) is 6.36. The summed E-state index contributed by atoms with van der Waals surface area (Å²) in [5.74, 6) is -1.20. The third-order valence-corrected chi connectivity index (χ3v) is 2.92. The van der Waals surface area contributed by atoms with Crippen LogP contribution in [0.1, 0.15) is 6.42 Å². The van der Waals surface area contributed by atoms with E-state index in [2.05, 4.69) is 15.6 Å². The number of pyridine rings is 1. The molecule has 1 heterocycles. The first-order valence-corrected chi connectivity index (χ1v) is 6.36. The van der Waals surface area contributed by atoms with Crippen molar-refractivity contribution in [2.45, 2.75) is 12.5 Å². The Morgan fingerprint density at radius 2 is 2.05 bits per heavy atom. The number of hydrogen-bond acceptors (Lipinski definition) is 4. The smallest absolute Gasteiger partial charge is 0.326 e. The first-order chi connectivity index (χ1) is 10.1. The van der Waals surface area contributed by atoms with Crippen LogP contribution in [0.25, 0.3) is 10.9 Å². The number of aromatic nitrogens is 1. The number of carbonyl (C=O) groups excluding carboxylic acids is 1. The highest BCUT2D eigenvalue weighted by Gasteiger charge is 2.19. The van der Waals surface area contributed by atoms with Gasteiger partial charge in [-0.2, -0.15) is 0 Å². The molecule has 110 valence electrons. The molecule has 0 spiro atoms. The molecule has 1 aromatic carbocycles. The van der Waals surface area contributed by atoms with Crippen LogP contribution in [-0.2, 0) is 4.79 Å². The molecule has 0 fully saturated rings. The molecule has 4 N–H and O–H groups in total. The molecule has 0 aliphatic heterocycles. The highest BCUT2D eigenvalue weighted by molar-refractivity contribution is 6.01. The van der Waals surface area contributed by atoms with Gasteiger partial charge in [0.15, 0.2) is 0 Å². The van der Waals surface area contributed by atoms with Crippen LogP contribution in [0.2, 0.25) is 0 Å². The number of hydrogen-bond donors (Lipinski definition) is 4. The zero-order chi connectivity index (χ0) is 15.2. The van der Waals surface area contributed by atoms with Gasteiger partial charge in [0.05, 0.1) is 11.2 Å². The summed E-state index contributed by atoms with van der Waals surface area (Å²) in [7, 11) is 0. The normalized spacial score (nSPS) is 11.9. The molecule has 1 atom stereocenters. The van der Waals surface area contributed by atoms with Gasteiger partial charge in [-0.1, -0.05) is 6.07 Å². The van der Waals surface area contributed by atoms with Gasteiger partial charge >= 0.3 is 12.0 Å². The van der Waals surface area contributed by atoms with E-state index in [4.69, 9.17) is 10.2 Å². The third kappa shape index (κ3) is 3.67. The lowest BCUT2D eigenvalue weighted by Gasteiger charge is -2.14. The van der Waals surface area contributed by atoms with Crippen LogP contribution in [0.5, 0.6) is 0 Å². The van der Waals surface area contributed by atoms with Crippen molar-refractivity contribution in [2.24, 2.45) is 0 Å². The van der Waals surface area contributed by atoms with E-state index >= 15 is 0 Å². The van der Waals surface area contributed by atoms with Crippen molar-refractivity contribution in [1.82, 2.24) is 10.3 Å². The minimum absolute atomic E-state index is 0.0557. The Balaban J connectivity index is 2.13. The SMILES string of the molecule is O=C(Nc1cccc2ncccc12)N[C@@H](CCO)C(=O)O. The number of nitrogens with zero attached hydrogens (tertiary/aromatic N) is 1. The van der Waals surface area contributed by atoms with E-state index in [-0.39, 0.29) is 13.0 Å². The van der Waals surface area contributed by atoms with Crippen molar-refractivity contribution >= 4 is 28.6 Å². The number of carboxylic acid groups (broad SMARTS) is 1. The van der Waals surface area contributed by atoms with E-state index < -0.39 is 18.0 Å². The van der Waals surface area contributed by atoms with Crippen LogP contribution in [0.15, 0.2) is 36.5 Å². The molecular weight excluding hydrogens is 274 g/mol. The van der Waals surface area contributed by atoms with Crippen LogP contribution in [-0.4, -0.2) is 39.8 Å². The third-order valence-electron chi connectivity index (χ3n) is 2.92. The first kappa shape index (κ1) is 14.7. The van der Waals surface area contributed by atoms with Gasteiger partial charge in [-0.3, -0.25) is 4.98 Å². The highest BCUT2D eigenvalue weighted by atomic mass is 16.4. The molecule has 0 aliphatic carbocycles. The number of fused-ring (bicyclic) bond motifs is 1. The number of benzene rings is 1. The van der Waals surface area contributed by atoms with E-state index in [0.717, 1.165) is 10.9 Å². The summed E-state index contributed by atoms with van der Waals surface area (Å²) < 4.78 is 0. The quantitative estimate of drug-likeness (QED) is 0.660. The second-order valence-electron chi connectivity index (χ2n) is 4.38. The predicted molar refractivity (Wildman–Crippen MR) is 77.0 cm³/mol. The van der Waals surface area contributed by atoms with E-state index in [1.165, 1.54) is 0 Å². The predicted octanol–water partition coefficient (Wildman–Crippen LogP) is 1.19. The summed E-state index contributed by atoms with van der Waals surface area (Å²) in [6.45, 7) is -0.324. The summed E-state index contributed by atoms with van der Waals surface area (Å²) in [6.07, 6.45) is 1.59. The zero-order valence-corrected chi connectivity index (χ0v) is 11.1. The molecule has 1 aromatic heterocycles. The van der Waals surface area contributed by atoms with Gasteiger partial charge < -0.3 is 20.8 Å². The number of urea groups is 1. The number of aliphatic hydroxyl groups excluding tert-OH is 1. The average Bonchev–Trinajstić information content (AvgIpc) is 2.47. The molecular formula is C14H15N3O4. The lowest BCUT2D eigenvalue weighted by molar-refractivity contribution is -0.139. The monoisotopic (exact) mass is 289 g/mol. The number of amides is 2. The number of carboxylic acids is 1. The minimum Gasteiger partial charge on any atom is -0.480 e. The van der Waals surface area contributed by atoms with E-state index in [1.54, 1.807) is 30.5 Å². The fourth-order valence-electron chi connectivity index (χ4n) is 1.92. The summed E-state index contributed by atoms with van der Waals surface area (Å²) >= 11 is 0. The van der Waals surface area contributed by atoms with Crippen molar-refractivity contribution in [3.8, 4) is 0 Å². The molecule has 0 saturated heterocycles. The minimum atomic E-state index is -1.20. The van der Waals surface area contributed by atoms with E-state index in [1.807, 2.05) is 6.07 Å². The molecule has 7 heteroatoms. The molecule has 0 aliphatic rings. The van der Waals surface area contributed by atoms with Crippen LogP contribution < -0.4 is 10.6 Å². The maximum absolute atomic E-state index is 11.9. The molecule has 0 bridgehead atoms. The molecule has 7 nitrogen and oxygen atoms in total. The van der Waals surface area contributed by atoms with Crippen LogP contribution in [0, 0.1) is 0 Å². The number of rotatable bonds is 5. The van der Waals surface area contributed by atoms with Gasteiger partial charge in [-0.25, -0.2) is 9.59 Å². The summed E-state index contributed by atoms with van der Waals surface area (Å²) in [6, 6.07) is 7.02. The number of aliphatic hydroxyl groups is 1. The van der Waals surface area contributed by atoms with Gasteiger partial charge in [0, 0.05) is 24.6 Å². The maximum atomic E-state index is 11.9. The Bertz CT molecular complexity index is 654. The van der Waals surface area contributed by atoms with E-state index in [9.17, 15) is 9.59 Å². The number of aliphatic carboxylic acids is 1. The van der Waals surface area contributed by atoms with Gasteiger partial charge in [-0.15, -0.1) is 0 Å². The van der Waals surface area contributed by atoms with Crippen LogP contribution in [0.3, 0.4) is 0 Å². The van der Waals surface area contributed by atoms with E-state index in [0.29, 0.717) is 5.69 Å². The second kappa shape index (κ2) is 6.67. The molecule has 0 unspecified atom stereocenters. The summed E-state index contributed by atoms with van der Waals surface area (Å²) in [4.78, 5) is 27.0. The maximum Gasteiger partial charge on any atom is 0.326 e. The van der Waals surface area contributed by atoms with Crippen molar-refractivity contribution in [3.05, 3.63) is 36.5 Å². The second-order valence-corrected chi connectivity index (χ2v) is 4.38. The lowest BCUT2D eigenvalue weighted by atomic mass is 10.2. The molecule has 2 amide bonds. The van der Waals surface area contributed by atoms with Gasteiger partial charge in [0.1, 0.15) is 6.04 Å². The Morgan fingerprint density at radius 1 is 1.24 bits per heavy atom. The molecule has 0 saturated carbocycles. The van der Waals surface area contributed by atoms with Crippen molar-refractivity contribution in [3.63, 3.8) is 0 Å². The van der Waals surface area contributed by atoms with Crippen molar-refractivity contribution < 1.29 is 19.8 Å². The average molecular weight is 289 g/mol. The molecule has 2 aromatic rings. The topological polar surface area (TPSA) is 112 Å². The fourth-order valence-corrected chi connectivity index (χ4v) is 1.92. The summed E-state index contributed by atoms with van der Waals surface area (Å²) in [5, 5.41) is 23.4. The van der Waals surface area contributed by atoms with Gasteiger partial charge in [0.25, 0.3) is 0 Å². The van der Waals surface area contributed by atoms with Crippen molar-refractivity contribution in [2.75, 3.05) is 11.9 Å². The number of carbonyl (C=O) groups is 2. The number of anilines is 1. The Kier molecular flexibility index (Phi) is 4.68. The zero-order valence-electron chi connectivity index (χ0n) is 11.1. The Labute approximate surface area is 120 Å². The molecule has 0 radical (unpaired) electrons. The fraction of sp³-hybridized carbons (Fsp3) is 0.214. The van der Waals surface area contributed by atoms with Gasteiger partial charge in [-0.05, 0) is 24.3 Å². The highest BCUT2D eigenvalue weighted by Crippen LogP contribution is 2.21. The number of nitrogens with one attached hydrogen (secondary N) is 2. The summed E-state index contributed by atoms with van der Waals surface area (Å²) in [5.41, 5.74) is 1.26. The largest absolute Gasteiger partial charge is 0.480 e.